The lowest BCUT2D eigenvalue weighted by Crippen LogP contribution is -2.64. The summed E-state index contributed by atoms with van der Waals surface area (Å²) in [6.45, 7) is 5.82. The van der Waals surface area contributed by atoms with E-state index >= 15 is 0 Å². The highest BCUT2D eigenvalue weighted by molar-refractivity contribution is 5.40. The van der Waals surface area contributed by atoms with Gasteiger partial charge in [-0.15, -0.1) is 0 Å². The number of rotatable bonds is 5. The molecule has 1 fully saturated rings. The molecule has 0 saturated carbocycles. The van der Waals surface area contributed by atoms with Crippen molar-refractivity contribution in [3.8, 4) is 5.82 Å². The predicted octanol–water partition coefficient (Wildman–Crippen LogP) is 1.07. The molecule has 7 nitrogen and oxygen atoms in total. The number of aliphatic hydroxyl groups excluding tert-OH is 1. The molecule has 0 amide bonds. The highest BCUT2D eigenvalue weighted by Gasteiger charge is 2.40. The molecule has 2 N–H and O–H groups in total. The number of nitrogens with one attached hydrogen (secondary N) is 1. The molecule has 0 unspecified atom stereocenters. The van der Waals surface area contributed by atoms with Crippen LogP contribution in [0.15, 0.2) is 30.6 Å². The third-order valence-electron chi connectivity index (χ3n) is 4.84. The van der Waals surface area contributed by atoms with Gasteiger partial charge in [-0.2, -0.15) is 0 Å². The van der Waals surface area contributed by atoms with E-state index in [0.29, 0.717) is 19.8 Å². The number of imidazole rings is 1. The number of ether oxygens (including phenoxy) is 1. The Bertz CT molecular complexity index is 689. The molecule has 130 valence electrons. The van der Waals surface area contributed by atoms with Gasteiger partial charge in [-0.3, -0.25) is 9.47 Å². The second kappa shape index (κ2) is 6.88. The van der Waals surface area contributed by atoms with Gasteiger partial charge in [0.25, 0.3) is 0 Å². The first-order chi connectivity index (χ1) is 11.6. The quantitative estimate of drug-likeness (QED) is 0.854. The van der Waals surface area contributed by atoms with Gasteiger partial charge in [-0.25, -0.2) is 9.97 Å². The van der Waals surface area contributed by atoms with Crippen LogP contribution < -0.4 is 5.32 Å². The third-order valence-corrected chi connectivity index (χ3v) is 4.84. The van der Waals surface area contributed by atoms with Crippen LogP contribution in [-0.4, -0.2) is 69.5 Å². The molecule has 1 aliphatic heterocycles. The van der Waals surface area contributed by atoms with Crippen molar-refractivity contribution in [2.24, 2.45) is 0 Å². The van der Waals surface area contributed by atoms with E-state index in [1.54, 1.807) is 6.20 Å². The summed E-state index contributed by atoms with van der Waals surface area (Å²) in [7, 11) is 2.03. The van der Waals surface area contributed by atoms with Gasteiger partial charge in [0.1, 0.15) is 17.5 Å². The molecule has 0 bridgehead atoms. The zero-order valence-electron chi connectivity index (χ0n) is 14.4. The van der Waals surface area contributed by atoms with Gasteiger partial charge in [0, 0.05) is 25.0 Å². The van der Waals surface area contributed by atoms with Crippen LogP contribution in [0.25, 0.3) is 5.82 Å². The first kappa shape index (κ1) is 16.9. The number of likely N-dealkylation sites (N-methyl/N-ethyl adjacent to an activating group) is 1. The van der Waals surface area contributed by atoms with Gasteiger partial charge in [-0.05, 0) is 33.0 Å². The first-order valence-electron chi connectivity index (χ1n) is 8.18. The van der Waals surface area contributed by atoms with E-state index in [2.05, 4.69) is 27.1 Å². The minimum absolute atomic E-state index is 0.0289. The van der Waals surface area contributed by atoms with Crippen molar-refractivity contribution in [2.45, 2.75) is 25.4 Å². The Hall–Kier alpha value is -1.96. The van der Waals surface area contributed by atoms with Crippen molar-refractivity contribution >= 4 is 5.82 Å². The molecule has 7 heteroatoms. The number of hydrogen-bond donors (Lipinski definition) is 2. The maximum Gasteiger partial charge on any atom is 0.140 e. The number of aryl methyl sites for hydroxylation is 1. The number of anilines is 1. The number of nitrogens with zero attached hydrogens (tertiary/aromatic N) is 4. The van der Waals surface area contributed by atoms with Crippen LogP contribution in [0.5, 0.6) is 0 Å². The molecule has 3 rings (SSSR count). The zero-order chi connectivity index (χ0) is 17.2. The third kappa shape index (κ3) is 3.15. The fraction of sp³-hybridized carbons (Fsp3) is 0.529. The number of pyridine rings is 1. The van der Waals surface area contributed by atoms with E-state index in [4.69, 9.17) is 4.74 Å². The molecule has 0 radical (unpaired) electrons. The van der Waals surface area contributed by atoms with E-state index in [1.165, 1.54) is 0 Å². The first-order valence-corrected chi connectivity index (χ1v) is 8.18. The smallest absolute Gasteiger partial charge is 0.140 e. The second-order valence-electron chi connectivity index (χ2n) is 6.44. The highest BCUT2D eigenvalue weighted by atomic mass is 16.5. The lowest BCUT2D eigenvalue weighted by molar-refractivity contribution is -0.101. The normalized spacial score (nSPS) is 24.9. The Morgan fingerprint density at radius 2 is 2.29 bits per heavy atom. The number of morpholine rings is 1. The number of hydrogen-bond acceptors (Lipinski definition) is 6. The lowest BCUT2D eigenvalue weighted by Gasteiger charge is -2.47. The van der Waals surface area contributed by atoms with Gasteiger partial charge < -0.3 is 15.2 Å². The molecular weight excluding hydrogens is 306 g/mol. The van der Waals surface area contributed by atoms with E-state index in [0.717, 1.165) is 17.5 Å². The number of aromatic nitrogens is 3. The monoisotopic (exact) mass is 331 g/mol. The molecule has 0 aromatic carbocycles. The molecule has 0 aliphatic carbocycles. The zero-order valence-corrected chi connectivity index (χ0v) is 14.4. The van der Waals surface area contributed by atoms with E-state index in [-0.39, 0.29) is 12.6 Å². The van der Waals surface area contributed by atoms with Gasteiger partial charge >= 0.3 is 0 Å². The van der Waals surface area contributed by atoms with E-state index < -0.39 is 5.54 Å². The maximum absolute atomic E-state index is 9.95. The van der Waals surface area contributed by atoms with Crippen molar-refractivity contribution in [3.63, 3.8) is 0 Å². The van der Waals surface area contributed by atoms with Crippen LogP contribution in [0.4, 0.5) is 5.82 Å². The van der Waals surface area contributed by atoms with Crippen molar-refractivity contribution in [1.82, 2.24) is 19.4 Å². The van der Waals surface area contributed by atoms with Crippen LogP contribution in [0.3, 0.4) is 0 Å². The summed E-state index contributed by atoms with van der Waals surface area (Å²) in [4.78, 5) is 11.1. The van der Waals surface area contributed by atoms with Gasteiger partial charge in [0.05, 0.1) is 25.4 Å². The maximum atomic E-state index is 9.95. The average molecular weight is 331 g/mol. The lowest BCUT2D eigenvalue weighted by atomic mass is 9.96. The molecule has 2 atom stereocenters. The predicted molar refractivity (Wildman–Crippen MR) is 92.4 cm³/mol. The summed E-state index contributed by atoms with van der Waals surface area (Å²) < 4.78 is 7.61. The van der Waals surface area contributed by atoms with Gasteiger partial charge in [0.2, 0.25) is 0 Å². The molecule has 1 aliphatic rings. The van der Waals surface area contributed by atoms with Crippen molar-refractivity contribution in [1.29, 1.82) is 0 Å². The highest BCUT2D eigenvalue weighted by Crippen LogP contribution is 2.23. The van der Waals surface area contributed by atoms with Crippen LogP contribution in [0, 0.1) is 6.92 Å². The van der Waals surface area contributed by atoms with E-state index in [9.17, 15) is 5.11 Å². The summed E-state index contributed by atoms with van der Waals surface area (Å²) >= 11 is 0. The molecule has 0 spiro atoms. The van der Waals surface area contributed by atoms with Crippen LogP contribution >= 0.6 is 0 Å². The van der Waals surface area contributed by atoms with Crippen LogP contribution in [0.2, 0.25) is 0 Å². The Kier molecular flexibility index (Phi) is 4.84. The fourth-order valence-corrected chi connectivity index (χ4v) is 3.02. The standard InChI is InChI=1S/C17H25N5O2/c1-13-9-24-12-17(11-23,21(13)3)10-19-15-5-4-6-16(20-15)22-8-7-18-14(22)2/h4-8,13,23H,9-12H2,1-3H3,(H,19,20)/t13-,17+/m1/s1. The molecule has 2 aromatic heterocycles. The minimum atomic E-state index is -0.444. The Morgan fingerprint density at radius 3 is 3.00 bits per heavy atom. The Morgan fingerprint density at radius 1 is 1.46 bits per heavy atom. The molecular formula is C17H25N5O2. The summed E-state index contributed by atoms with van der Waals surface area (Å²) in [5.41, 5.74) is -0.444. The number of aliphatic hydroxyl groups is 1. The van der Waals surface area contributed by atoms with Crippen LogP contribution in [-0.2, 0) is 4.74 Å². The topological polar surface area (TPSA) is 75.4 Å². The fourth-order valence-electron chi connectivity index (χ4n) is 3.02. The molecule has 24 heavy (non-hydrogen) atoms. The average Bonchev–Trinajstić information content (AvgIpc) is 3.03. The summed E-state index contributed by atoms with van der Waals surface area (Å²) in [5, 5.41) is 13.3. The Balaban J connectivity index is 1.75. The summed E-state index contributed by atoms with van der Waals surface area (Å²) in [6.07, 6.45) is 3.65. The van der Waals surface area contributed by atoms with Gasteiger partial charge in [-0.1, -0.05) is 6.07 Å². The van der Waals surface area contributed by atoms with Crippen molar-refractivity contribution in [3.05, 3.63) is 36.4 Å². The Labute approximate surface area is 142 Å². The van der Waals surface area contributed by atoms with Crippen molar-refractivity contribution < 1.29 is 9.84 Å². The molecule has 3 heterocycles. The summed E-state index contributed by atoms with van der Waals surface area (Å²) in [5.74, 6) is 2.47. The largest absolute Gasteiger partial charge is 0.394 e. The van der Waals surface area contributed by atoms with Crippen molar-refractivity contribution in [2.75, 3.05) is 38.7 Å². The van der Waals surface area contributed by atoms with Gasteiger partial charge in [0.15, 0.2) is 0 Å². The van der Waals surface area contributed by atoms with E-state index in [1.807, 2.05) is 42.9 Å². The van der Waals surface area contributed by atoms with Crippen LogP contribution in [0.1, 0.15) is 12.7 Å². The summed E-state index contributed by atoms with van der Waals surface area (Å²) in [6, 6.07) is 6.09. The molecule has 2 aromatic rings. The minimum Gasteiger partial charge on any atom is -0.394 e. The SMILES string of the molecule is Cc1nccn1-c1cccc(NC[C@]2(CO)COC[C@@H](C)N2C)n1. The molecule has 1 saturated heterocycles. The second-order valence-corrected chi connectivity index (χ2v) is 6.44.